The predicted molar refractivity (Wildman–Crippen MR) is 83.3 cm³/mol. The van der Waals surface area contributed by atoms with E-state index < -0.39 is 0 Å². The zero-order valence-corrected chi connectivity index (χ0v) is 12.0. The SMILES string of the molecule is Cc1ccc(NCCCC(=O)N/N=C/c2ccco2)cc1. The highest BCUT2D eigenvalue weighted by Gasteiger charge is 1.99. The molecule has 2 N–H and O–H groups in total. The van der Waals surface area contributed by atoms with Gasteiger partial charge in [0.25, 0.3) is 0 Å². The van der Waals surface area contributed by atoms with Crippen molar-refractivity contribution in [3.63, 3.8) is 0 Å². The Bertz CT molecular complexity index is 574. The van der Waals surface area contributed by atoms with Gasteiger partial charge in [-0.15, -0.1) is 0 Å². The van der Waals surface area contributed by atoms with E-state index in [0.717, 1.165) is 18.7 Å². The Morgan fingerprint density at radius 2 is 2.10 bits per heavy atom. The molecule has 0 saturated carbocycles. The summed E-state index contributed by atoms with van der Waals surface area (Å²) in [7, 11) is 0. The minimum atomic E-state index is -0.108. The van der Waals surface area contributed by atoms with Gasteiger partial charge in [-0.3, -0.25) is 4.79 Å². The summed E-state index contributed by atoms with van der Waals surface area (Å²) >= 11 is 0. The molecule has 110 valence electrons. The molecule has 0 radical (unpaired) electrons. The lowest BCUT2D eigenvalue weighted by Gasteiger charge is -2.06. The summed E-state index contributed by atoms with van der Waals surface area (Å²) in [4.78, 5) is 11.5. The first kappa shape index (κ1) is 14.8. The number of hydrogen-bond donors (Lipinski definition) is 2. The van der Waals surface area contributed by atoms with Gasteiger partial charge in [0.1, 0.15) is 5.76 Å². The van der Waals surface area contributed by atoms with E-state index in [-0.39, 0.29) is 5.91 Å². The zero-order valence-electron chi connectivity index (χ0n) is 12.0. The van der Waals surface area contributed by atoms with Crippen molar-refractivity contribution in [1.82, 2.24) is 5.43 Å². The molecule has 1 aromatic heterocycles. The number of benzene rings is 1. The van der Waals surface area contributed by atoms with E-state index >= 15 is 0 Å². The first-order valence-corrected chi connectivity index (χ1v) is 6.90. The summed E-state index contributed by atoms with van der Waals surface area (Å²) in [5.74, 6) is 0.500. The molecule has 0 fully saturated rings. The molecule has 1 amide bonds. The second kappa shape index (κ2) is 7.89. The van der Waals surface area contributed by atoms with Crippen LogP contribution >= 0.6 is 0 Å². The van der Waals surface area contributed by atoms with Gasteiger partial charge in [-0.05, 0) is 37.6 Å². The number of nitrogens with one attached hydrogen (secondary N) is 2. The molecule has 1 heterocycles. The van der Waals surface area contributed by atoms with Crippen LogP contribution in [0.25, 0.3) is 0 Å². The number of hydrogen-bond acceptors (Lipinski definition) is 4. The van der Waals surface area contributed by atoms with Crippen molar-refractivity contribution >= 4 is 17.8 Å². The number of amides is 1. The van der Waals surface area contributed by atoms with Gasteiger partial charge in [-0.1, -0.05) is 17.7 Å². The zero-order chi connectivity index (χ0) is 14.9. The third-order valence-corrected chi connectivity index (χ3v) is 2.89. The second-order valence-electron chi connectivity index (χ2n) is 4.70. The number of hydrazone groups is 1. The average molecular weight is 285 g/mol. The number of aryl methyl sites for hydroxylation is 1. The van der Waals surface area contributed by atoms with Crippen LogP contribution < -0.4 is 10.7 Å². The van der Waals surface area contributed by atoms with Gasteiger partial charge in [0.15, 0.2) is 0 Å². The van der Waals surface area contributed by atoms with Gasteiger partial charge in [-0.25, -0.2) is 5.43 Å². The molecule has 2 rings (SSSR count). The number of nitrogens with zero attached hydrogens (tertiary/aromatic N) is 1. The fourth-order valence-electron chi connectivity index (χ4n) is 1.74. The Balaban J connectivity index is 1.60. The van der Waals surface area contributed by atoms with Crippen molar-refractivity contribution < 1.29 is 9.21 Å². The van der Waals surface area contributed by atoms with Gasteiger partial charge in [0, 0.05) is 18.7 Å². The van der Waals surface area contributed by atoms with E-state index in [4.69, 9.17) is 4.42 Å². The smallest absolute Gasteiger partial charge is 0.240 e. The van der Waals surface area contributed by atoms with Crippen LogP contribution in [0.5, 0.6) is 0 Å². The molecule has 0 unspecified atom stereocenters. The molecule has 0 aliphatic carbocycles. The second-order valence-corrected chi connectivity index (χ2v) is 4.70. The predicted octanol–water partition coefficient (Wildman–Crippen LogP) is 2.93. The Morgan fingerprint density at radius 1 is 1.29 bits per heavy atom. The standard InChI is InChI=1S/C16H19N3O2/c1-13-6-8-14(9-7-13)17-10-2-5-16(20)19-18-12-15-4-3-11-21-15/h3-4,6-9,11-12,17H,2,5,10H2,1H3,(H,19,20)/b18-12+. The molecule has 5 heteroatoms. The lowest BCUT2D eigenvalue weighted by molar-refractivity contribution is -0.121. The third-order valence-electron chi connectivity index (χ3n) is 2.89. The Labute approximate surface area is 124 Å². The van der Waals surface area contributed by atoms with Crippen LogP contribution in [-0.4, -0.2) is 18.7 Å². The number of rotatable bonds is 7. The third kappa shape index (κ3) is 5.52. The molecule has 0 aliphatic heterocycles. The first-order valence-electron chi connectivity index (χ1n) is 6.90. The number of furan rings is 1. The highest BCUT2D eigenvalue weighted by molar-refractivity contribution is 5.80. The summed E-state index contributed by atoms with van der Waals surface area (Å²) in [6.07, 6.45) is 4.20. The molecule has 0 atom stereocenters. The summed E-state index contributed by atoms with van der Waals surface area (Å²) in [5, 5.41) is 7.09. The summed E-state index contributed by atoms with van der Waals surface area (Å²) < 4.78 is 5.06. The minimum Gasteiger partial charge on any atom is -0.463 e. The molecule has 0 aliphatic rings. The largest absolute Gasteiger partial charge is 0.463 e. The van der Waals surface area contributed by atoms with Gasteiger partial charge in [0.2, 0.25) is 5.91 Å². The van der Waals surface area contributed by atoms with Crippen molar-refractivity contribution in [3.8, 4) is 0 Å². The monoisotopic (exact) mass is 285 g/mol. The van der Waals surface area contributed by atoms with E-state index in [1.165, 1.54) is 11.8 Å². The Kier molecular flexibility index (Phi) is 5.58. The van der Waals surface area contributed by atoms with Gasteiger partial charge in [-0.2, -0.15) is 5.10 Å². The van der Waals surface area contributed by atoms with E-state index in [9.17, 15) is 4.79 Å². The van der Waals surface area contributed by atoms with Crippen LogP contribution in [0.4, 0.5) is 5.69 Å². The van der Waals surface area contributed by atoms with Crippen molar-refractivity contribution in [2.24, 2.45) is 5.10 Å². The number of anilines is 1. The highest BCUT2D eigenvalue weighted by atomic mass is 16.3. The highest BCUT2D eigenvalue weighted by Crippen LogP contribution is 2.08. The summed E-state index contributed by atoms with van der Waals surface area (Å²) in [6.45, 7) is 2.80. The van der Waals surface area contributed by atoms with E-state index in [0.29, 0.717) is 12.2 Å². The normalized spacial score (nSPS) is 10.7. The molecule has 5 nitrogen and oxygen atoms in total. The van der Waals surface area contributed by atoms with E-state index in [2.05, 4.69) is 34.9 Å². The molecule has 2 aromatic rings. The molecule has 0 saturated heterocycles. The van der Waals surface area contributed by atoms with Crippen LogP contribution in [0.2, 0.25) is 0 Å². The fraction of sp³-hybridized carbons (Fsp3) is 0.250. The Morgan fingerprint density at radius 3 is 2.81 bits per heavy atom. The Hall–Kier alpha value is -2.56. The molecular weight excluding hydrogens is 266 g/mol. The average Bonchev–Trinajstić information content (AvgIpc) is 2.99. The molecule has 0 spiro atoms. The topological polar surface area (TPSA) is 66.6 Å². The fourth-order valence-corrected chi connectivity index (χ4v) is 1.74. The van der Waals surface area contributed by atoms with Gasteiger partial charge in [0.05, 0.1) is 12.5 Å². The van der Waals surface area contributed by atoms with Crippen LogP contribution in [0.1, 0.15) is 24.2 Å². The lowest BCUT2D eigenvalue weighted by atomic mass is 10.2. The van der Waals surface area contributed by atoms with Crippen molar-refractivity contribution in [1.29, 1.82) is 0 Å². The molecule has 21 heavy (non-hydrogen) atoms. The van der Waals surface area contributed by atoms with E-state index in [1.54, 1.807) is 18.4 Å². The van der Waals surface area contributed by atoms with Gasteiger partial charge < -0.3 is 9.73 Å². The maximum absolute atomic E-state index is 11.5. The number of carbonyl (C=O) groups excluding carboxylic acids is 1. The molecular formula is C16H19N3O2. The quantitative estimate of drug-likeness (QED) is 0.467. The minimum absolute atomic E-state index is 0.108. The number of carbonyl (C=O) groups is 1. The van der Waals surface area contributed by atoms with E-state index in [1.807, 2.05) is 12.1 Å². The maximum atomic E-state index is 11.5. The van der Waals surface area contributed by atoms with Crippen LogP contribution in [0, 0.1) is 6.92 Å². The maximum Gasteiger partial charge on any atom is 0.240 e. The lowest BCUT2D eigenvalue weighted by Crippen LogP contribution is -2.18. The summed E-state index contributed by atoms with van der Waals surface area (Å²) in [6, 6.07) is 11.7. The van der Waals surface area contributed by atoms with Gasteiger partial charge >= 0.3 is 0 Å². The van der Waals surface area contributed by atoms with Crippen molar-refractivity contribution in [2.45, 2.75) is 19.8 Å². The first-order chi connectivity index (χ1) is 10.2. The van der Waals surface area contributed by atoms with Crippen LogP contribution in [-0.2, 0) is 4.79 Å². The summed E-state index contributed by atoms with van der Waals surface area (Å²) in [5.41, 5.74) is 4.77. The van der Waals surface area contributed by atoms with Crippen molar-refractivity contribution in [2.75, 3.05) is 11.9 Å². The van der Waals surface area contributed by atoms with Crippen LogP contribution in [0.3, 0.4) is 0 Å². The molecule has 0 bridgehead atoms. The molecule has 1 aromatic carbocycles. The van der Waals surface area contributed by atoms with Crippen LogP contribution in [0.15, 0.2) is 52.2 Å². The van der Waals surface area contributed by atoms with Crippen molar-refractivity contribution in [3.05, 3.63) is 54.0 Å².